The van der Waals surface area contributed by atoms with Crippen molar-refractivity contribution >= 4 is 11.9 Å². The first-order valence-electron chi connectivity index (χ1n) is 9.05. The summed E-state index contributed by atoms with van der Waals surface area (Å²) < 4.78 is 5.48. The molecule has 1 aliphatic rings. The molecular weight excluding hydrogens is 340 g/mol. The summed E-state index contributed by atoms with van der Waals surface area (Å²) in [5.41, 5.74) is 3.97. The summed E-state index contributed by atoms with van der Waals surface area (Å²) in [7, 11) is 0. The van der Waals surface area contributed by atoms with Crippen molar-refractivity contribution in [2.45, 2.75) is 53.6 Å². The van der Waals surface area contributed by atoms with Crippen molar-refractivity contribution in [3.8, 4) is 0 Å². The van der Waals surface area contributed by atoms with E-state index < -0.39 is 11.9 Å². The molecular formula is C23H30O4. The zero-order valence-corrected chi connectivity index (χ0v) is 16.9. The highest BCUT2D eigenvalue weighted by Gasteiger charge is 2.33. The van der Waals surface area contributed by atoms with E-state index in [1.165, 1.54) is 17.7 Å². The molecule has 27 heavy (non-hydrogen) atoms. The minimum Gasteiger partial charge on any atom is -0.478 e. The first kappa shape index (κ1) is 22.4. The van der Waals surface area contributed by atoms with Gasteiger partial charge in [-0.05, 0) is 55.7 Å². The van der Waals surface area contributed by atoms with Gasteiger partial charge in [0.15, 0.2) is 0 Å². The van der Waals surface area contributed by atoms with Crippen molar-refractivity contribution in [3.05, 3.63) is 71.4 Å². The number of carboxylic acid groups (broad SMARTS) is 1. The van der Waals surface area contributed by atoms with Gasteiger partial charge < -0.3 is 9.84 Å². The molecule has 0 heterocycles. The average molecular weight is 370 g/mol. The third-order valence-electron chi connectivity index (χ3n) is 4.68. The molecule has 4 heteroatoms. The fraction of sp³-hybridized carbons (Fsp3) is 0.391. The van der Waals surface area contributed by atoms with Crippen LogP contribution in [-0.2, 0) is 14.3 Å². The van der Waals surface area contributed by atoms with Crippen LogP contribution in [0, 0.1) is 5.41 Å². The molecule has 0 aliphatic heterocycles. The van der Waals surface area contributed by atoms with E-state index >= 15 is 0 Å². The molecule has 0 aromatic heterocycles. The van der Waals surface area contributed by atoms with Crippen LogP contribution >= 0.6 is 0 Å². The van der Waals surface area contributed by atoms with Gasteiger partial charge in [-0.2, -0.15) is 0 Å². The second-order valence-electron chi connectivity index (χ2n) is 7.48. The number of rotatable bonds is 7. The smallest absolute Gasteiger partial charge is 0.330 e. The molecule has 0 radical (unpaired) electrons. The monoisotopic (exact) mass is 370 g/mol. The molecule has 1 N–H and O–H groups in total. The zero-order valence-electron chi connectivity index (χ0n) is 16.9. The Labute approximate surface area is 162 Å². The molecule has 0 aromatic rings. The van der Waals surface area contributed by atoms with E-state index in [1.54, 1.807) is 13.0 Å². The Balaban J connectivity index is 2.99. The van der Waals surface area contributed by atoms with Crippen LogP contribution in [0.5, 0.6) is 0 Å². The highest BCUT2D eigenvalue weighted by molar-refractivity contribution is 5.81. The predicted octanol–water partition coefficient (Wildman–Crippen LogP) is 5.31. The lowest BCUT2D eigenvalue weighted by molar-refractivity contribution is -0.142. The fourth-order valence-electron chi connectivity index (χ4n) is 3.11. The molecule has 1 aliphatic carbocycles. The van der Waals surface area contributed by atoms with E-state index in [9.17, 15) is 9.59 Å². The Morgan fingerprint density at radius 1 is 1.22 bits per heavy atom. The van der Waals surface area contributed by atoms with Crippen LogP contribution in [0.25, 0.3) is 0 Å². The van der Waals surface area contributed by atoms with Crippen LogP contribution in [-0.4, -0.2) is 23.1 Å². The number of hydrogen-bond donors (Lipinski definition) is 1. The van der Waals surface area contributed by atoms with Gasteiger partial charge in [-0.15, -0.1) is 0 Å². The van der Waals surface area contributed by atoms with Crippen LogP contribution in [0.1, 0.15) is 47.5 Å². The first-order valence-corrected chi connectivity index (χ1v) is 9.05. The summed E-state index contributed by atoms with van der Waals surface area (Å²) in [6, 6.07) is 0. The molecule has 146 valence electrons. The van der Waals surface area contributed by atoms with Gasteiger partial charge in [0.25, 0.3) is 0 Å². The van der Waals surface area contributed by atoms with Gasteiger partial charge in [-0.25, -0.2) is 9.59 Å². The lowest BCUT2D eigenvalue weighted by Crippen LogP contribution is -2.30. The lowest BCUT2D eigenvalue weighted by Gasteiger charge is -2.36. The molecule has 1 atom stereocenters. The van der Waals surface area contributed by atoms with Crippen molar-refractivity contribution in [1.82, 2.24) is 0 Å². The van der Waals surface area contributed by atoms with Gasteiger partial charge in [0.1, 0.15) is 6.10 Å². The lowest BCUT2D eigenvalue weighted by atomic mass is 9.71. The number of carbonyl (C=O) groups is 2. The summed E-state index contributed by atoms with van der Waals surface area (Å²) in [6.07, 6.45) is 13.5. The quantitative estimate of drug-likeness (QED) is 0.375. The third kappa shape index (κ3) is 7.26. The number of hydrogen-bond acceptors (Lipinski definition) is 3. The molecule has 0 saturated heterocycles. The second kappa shape index (κ2) is 9.91. The molecule has 1 unspecified atom stereocenters. The number of carbonyl (C=O) groups excluding carboxylic acids is 1. The van der Waals surface area contributed by atoms with Gasteiger partial charge in [0.05, 0.1) is 0 Å². The molecule has 0 saturated carbocycles. The Bertz CT molecular complexity index is 742. The van der Waals surface area contributed by atoms with Gasteiger partial charge in [-0.1, -0.05) is 56.4 Å². The molecule has 0 fully saturated rings. The van der Waals surface area contributed by atoms with E-state index in [0.717, 1.165) is 24.0 Å². The second-order valence-corrected chi connectivity index (χ2v) is 7.48. The number of esters is 1. The number of ether oxygens (including phenoxy) is 1. The van der Waals surface area contributed by atoms with Crippen LogP contribution in [0.15, 0.2) is 71.4 Å². The third-order valence-corrected chi connectivity index (χ3v) is 4.68. The molecule has 0 aromatic carbocycles. The predicted molar refractivity (Wildman–Crippen MR) is 109 cm³/mol. The minimum absolute atomic E-state index is 0.00853. The van der Waals surface area contributed by atoms with Crippen molar-refractivity contribution in [1.29, 1.82) is 0 Å². The SMILES string of the molecule is C=CC(=O)OC1CCC(C)(C)C(/C=C/C(C)=C/C=C/C(C)=C/C(=O)O)=C1C. The summed E-state index contributed by atoms with van der Waals surface area (Å²) in [5.74, 6) is -1.35. The first-order chi connectivity index (χ1) is 12.6. The Morgan fingerprint density at radius 2 is 1.89 bits per heavy atom. The standard InChI is InChI=1S/C23H30O4/c1-7-22(26)27-20-13-14-23(5,6)19(18(20)4)12-11-16(2)9-8-10-17(3)15-21(24)25/h7-12,15,20H,1,13-14H2,2-6H3,(H,24,25)/b10-8+,12-11+,16-9+,17-15+. The highest BCUT2D eigenvalue weighted by atomic mass is 16.5. The maximum absolute atomic E-state index is 11.6. The van der Waals surface area contributed by atoms with Crippen LogP contribution in [0.3, 0.4) is 0 Å². The Morgan fingerprint density at radius 3 is 2.48 bits per heavy atom. The Kier molecular flexibility index (Phi) is 8.23. The van der Waals surface area contributed by atoms with Gasteiger partial charge in [0, 0.05) is 12.2 Å². The van der Waals surface area contributed by atoms with E-state index in [1.807, 2.05) is 32.1 Å². The summed E-state index contributed by atoms with van der Waals surface area (Å²) >= 11 is 0. The summed E-state index contributed by atoms with van der Waals surface area (Å²) in [6.45, 7) is 13.6. The van der Waals surface area contributed by atoms with Gasteiger partial charge >= 0.3 is 11.9 Å². The molecule has 0 amide bonds. The summed E-state index contributed by atoms with van der Waals surface area (Å²) in [4.78, 5) is 22.2. The van der Waals surface area contributed by atoms with Crippen molar-refractivity contribution in [2.75, 3.05) is 0 Å². The van der Waals surface area contributed by atoms with Crippen LogP contribution in [0.2, 0.25) is 0 Å². The van der Waals surface area contributed by atoms with Crippen molar-refractivity contribution < 1.29 is 19.4 Å². The van der Waals surface area contributed by atoms with E-state index in [4.69, 9.17) is 9.84 Å². The Hall–Kier alpha value is -2.62. The van der Waals surface area contributed by atoms with Crippen molar-refractivity contribution in [3.63, 3.8) is 0 Å². The minimum atomic E-state index is -0.952. The van der Waals surface area contributed by atoms with E-state index in [-0.39, 0.29) is 11.5 Å². The molecule has 0 spiro atoms. The normalized spacial score (nSPS) is 21.0. The van der Waals surface area contributed by atoms with E-state index in [0.29, 0.717) is 5.57 Å². The number of aliphatic carboxylic acids is 1. The van der Waals surface area contributed by atoms with Crippen LogP contribution < -0.4 is 0 Å². The average Bonchev–Trinajstić information content (AvgIpc) is 2.56. The molecule has 1 rings (SSSR count). The molecule has 4 nitrogen and oxygen atoms in total. The van der Waals surface area contributed by atoms with Crippen molar-refractivity contribution in [2.24, 2.45) is 5.41 Å². The number of allylic oxidation sites excluding steroid dienone is 8. The van der Waals surface area contributed by atoms with E-state index in [2.05, 4.69) is 26.5 Å². The maximum atomic E-state index is 11.6. The topological polar surface area (TPSA) is 63.6 Å². The fourth-order valence-corrected chi connectivity index (χ4v) is 3.11. The highest BCUT2D eigenvalue weighted by Crippen LogP contribution is 2.42. The van der Waals surface area contributed by atoms with Gasteiger partial charge in [-0.3, -0.25) is 0 Å². The molecule has 0 bridgehead atoms. The zero-order chi connectivity index (χ0) is 20.6. The van der Waals surface area contributed by atoms with Crippen LogP contribution in [0.4, 0.5) is 0 Å². The number of carboxylic acids is 1. The maximum Gasteiger partial charge on any atom is 0.330 e. The van der Waals surface area contributed by atoms with Gasteiger partial charge in [0.2, 0.25) is 0 Å². The summed E-state index contributed by atoms with van der Waals surface area (Å²) in [5, 5.41) is 8.71. The largest absolute Gasteiger partial charge is 0.478 e.